The summed E-state index contributed by atoms with van der Waals surface area (Å²) >= 11 is 0. The average Bonchev–Trinajstić information content (AvgIpc) is 2.79. The number of carbonyl (C=O) groups is 2. The zero-order valence-electron chi connectivity index (χ0n) is 17.5. The molecule has 0 radical (unpaired) electrons. The summed E-state index contributed by atoms with van der Waals surface area (Å²) in [6.45, 7) is 0. The van der Waals surface area contributed by atoms with Gasteiger partial charge in [-0.1, -0.05) is 18.2 Å². The fourth-order valence-electron chi connectivity index (χ4n) is 2.80. The standard InChI is InChI=1S/C23H23N5O3/c1-28(2)21(24)15-7-9-16(10-8-15)22(29)26-19-12-11-17(31-3)14-18(19)23(30)27-20-6-4-5-13-25-20/h4-14,24H,1-3H3,(H,26,29)(H,25,27,30). The van der Waals surface area contributed by atoms with Crippen LogP contribution in [0.4, 0.5) is 11.5 Å². The molecule has 0 saturated heterocycles. The molecule has 8 heteroatoms. The largest absolute Gasteiger partial charge is 0.497 e. The maximum atomic E-state index is 12.8. The number of rotatable bonds is 6. The zero-order chi connectivity index (χ0) is 22.4. The second kappa shape index (κ2) is 9.53. The summed E-state index contributed by atoms with van der Waals surface area (Å²) in [6, 6.07) is 16.7. The molecule has 0 spiro atoms. The topological polar surface area (TPSA) is 107 Å². The number of hydrogen-bond acceptors (Lipinski definition) is 5. The fraction of sp³-hybridized carbons (Fsp3) is 0.130. The van der Waals surface area contributed by atoms with Crippen LogP contribution in [-0.2, 0) is 0 Å². The highest BCUT2D eigenvalue weighted by Gasteiger charge is 2.17. The smallest absolute Gasteiger partial charge is 0.259 e. The van der Waals surface area contributed by atoms with Crippen LogP contribution in [0, 0.1) is 5.41 Å². The number of benzene rings is 2. The third-order valence-corrected chi connectivity index (χ3v) is 4.49. The number of amides is 2. The predicted molar refractivity (Wildman–Crippen MR) is 120 cm³/mol. The van der Waals surface area contributed by atoms with E-state index in [1.807, 2.05) is 0 Å². The van der Waals surface area contributed by atoms with E-state index in [1.54, 1.807) is 85.9 Å². The van der Waals surface area contributed by atoms with Crippen LogP contribution in [0.5, 0.6) is 5.75 Å². The number of anilines is 2. The van der Waals surface area contributed by atoms with E-state index in [2.05, 4.69) is 15.6 Å². The van der Waals surface area contributed by atoms with Gasteiger partial charge in [0.25, 0.3) is 11.8 Å². The van der Waals surface area contributed by atoms with Crippen molar-refractivity contribution in [2.45, 2.75) is 0 Å². The number of amidine groups is 1. The van der Waals surface area contributed by atoms with Crippen LogP contribution in [0.3, 0.4) is 0 Å². The van der Waals surface area contributed by atoms with Gasteiger partial charge < -0.3 is 20.3 Å². The minimum absolute atomic E-state index is 0.240. The van der Waals surface area contributed by atoms with Crippen molar-refractivity contribution >= 4 is 29.2 Å². The fourth-order valence-corrected chi connectivity index (χ4v) is 2.80. The van der Waals surface area contributed by atoms with Crippen molar-refractivity contribution in [2.75, 3.05) is 31.8 Å². The average molecular weight is 417 g/mol. The number of aromatic nitrogens is 1. The molecule has 1 aromatic heterocycles. The lowest BCUT2D eigenvalue weighted by Gasteiger charge is -2.15. The van der Waals surface area contributed by atoms with Crippen molar-refractivity contribution in [3.63, 3.8) is 0 Å². The van der Waals surface area contributed by atoms with Crippen LogP contribution in [0.2, 0.25) is 0 Å². The lowest BCUT2D eigenvalue weighted by molar-refractivity contribution is 0.102. The maximum Gasteiger partial charge on any atom is 0.259 e. The molecule has 2 aromatic carbocycles. The molecular weight excluding hydrogens is 394 g/mol. The van der Waals surface area contributed by atoms with Crippen molar-refractivity contribution in [1.82, 2.24) is 9.88 Å². The maximum absolute atomic E-state index is 12.8. The molecule has 1 heterocycles. The third kappa shape index (κ3) is 5.24. The molecule has 0 unspecified atom stereocenters. The minimum Gasteiger partial charge on any atom is -0.497 e. The van der Waals surface area contributed by atoms with Crippen LogP contribution in [-0.4, -0.2) is 48.7 Å². The molecule has 0 atom stereocenters. The van der Waals surface area contributed by atoms with Gasteiger partial charge in [0.2, 0.25) is 0 Å². The van der Waals surface area contributed by atoms with Gasteiger partial charge in [-0.15, -0.1) is 0 Å². The van der Waals surface area contributed by atoms with Crippen molar-refractivity contribution in [3.05, 3.63) is 83.6 Å². The Bertz CT molecular complexity index is 1100. The number of nitrogens with one attached hydrogen (secondary N) is 3. The minimum atomic E-state index is -0.428. The van der Waals surface area contributed by atoms with Crippen molar-refractivity contribution < 1.29 is 14.3 Å². The van der Waals surface area contributed by atoms with E-state index in [0.29, 0.717) is 34.2 Å². The molecule has 158 valence electrons. The van der Waals surface area contributed by atoms with E-state index < -0.39 is 5.91 Å². The number of nitrogens with zero attached hydrogens (tertiary/aromatic N) is 2. The summed E-state index contributed by atoms with van der Waals surface area (Å²) in [6.07, 6.45) is 1.57. The molecular formula is C23H23N5O3. The highest BCUT2D eigenvalue weighted by atomic mass is 16.5. The second-order valence-electron chi connectivity index (χ2n) is 6.86. The number of methoxy groups -OCH3 is 1. The van der Waals surface area contributed by atoms with Gasteiger partial charge in [0.15, 0.2) is 0 Å². The van der Waals surface area contributed by atoms with Crippen LogP contribution in [0.15, 0.2) is 66.9 Å². The second-order valence-corrected chi connectivity index (χ2v) is 6.86. The van der Waals surface area contributed by atoms with E-state index in [4.69, 9.17) is 10.1 Å². The van der Waals surface area contributed by atoms with E-state index in [1.165, 1.54) is 7.11 Å². The van der Waals surface area contributed by atoms with E-state index >= 15 is 0 Å². The molecule has 31 heavy (non-hydrogen) atoms. The SMILES string of the molecule is COc1ccc(NC(=O)c2ccc(C(=N)N(C)C)cc2)c(C(=O)Nc2ccccn2)c1. The number of hydrogen-bond donors (Lipinski definition) is 3. The zero-order valence-corrected chi connectivity index (χ0v) is 17.5. The van der Waals surface area contributed by atoms with E-state index in [9.17, 15) is 9.59 Å². The molecule has 0 aliphatic rings. The van der Waals surface area contributed by atoms with Crippen molar-refractivity contribution in [3.8, 4) is 5.75 Å². The molecule has 0 fully saturated rings. The predicted octanol–water partition coefficient (Wildman–Crippen LogP) is 3.48. The summed E-state index contributed by atoms with van der Waals surface area (Å²) in [5.74, 6) is 0.417. The molecule has 0 aliphatic heterocycles. The molecule has 2 amide bonds. The summed E-state index contributed by atoms with van der Waals surface area (Å²) in [4.78, 5) is 31.4. The Morgan fingerprint density at radius 1 is 0.935 bits per heavy atom. The van der Waals surface area contributed by atoms with Gasteiger partial charge in [-0.3, -0.25) is 15.0 Å². The molecule has 0 bridgehead atoms. The van der Waals surface area contributed by atoms with E-state index in [0.717, 1.165) is 0 Å². The Labute approximate surface area is 180 Å². The lowest BCUT2D eigenvalue weighted by Crippen LogP contribution is -2.22. The molecule has 3 aromatic rings. The Hall–Kier alpha value is -4.20. The van der Waals surface area contributed by atoms with Gasteiger partial charge in [-0.2, -0.15) is 0 Å². The first-order valence-corrected chi connectivity index (χ1v) is 9.47. The summed E-state index contributed by atoms with van der Waals surface area (Å²) < 4.78 is 5.22. The normalized spacial score (nSPS) is 10.2. The van der Waals surface area contributed by atoms with Gasteiger partial charge in [-0.05, 0) is 42.5 Å². The van der Waals surface area contributed by atoms with Crippen molar-refractivity contribution in [1.29, 1.82) is 5.41 Å². The Morgan fingerprint density at radius 2 is 1.65 bits per heavy atom. The Morgan fingerprint density at radius 3 is 2.26 bits per heavy atom. The summed E-state index contributed by atoms with van der Waals surface area (Å²) in [5.41, 5.74) is 1.68. The van der Waals surface area contributed by atoms with Gasteiger partial charge in [0.1, 0.15) is 17.4 Å². The molecule has 3 N–H and O–H groups in total. The first kappa shape index (κ1) is 21.5. The van der Waals surface area contributed by atoms with Crippen LogP contribution >= 0.6 is 0 Å². The van der Waals surface area contributed by atoms with Crippen LogP contribution in [0.25, 0.3) is 0 Å². The molecule has 3 rings (SSSR count). The number of carbonyl (C=O) groups excluding carboxylic acids is 2. The first-order chi connectivity index (χ1) is 14.9. The first-order valence-electron chi connectivity index (χ1n) is 9.47. The van der Waals surface area contributed by atoms with Gasteiger partial charge in [0.05, 0.1) is 18.4 Å². The van der Waals surface area contributed by atoms with E-state index in [-0.39, 0.29) is 11.5 Å². The summed E-state index contributed by atoms with van der Waals surface area (Å²) in [5, 5.41) is 13.5. The van der Waals surface area contributed by atoms with Crippen LogP contribution in [0.1, 0.15) is 26.3 Å². The Balaban J connectivity index is 1.82. The quantitative estimate of drug-likeness (QED) is 0.420. The Kier molecular flexibility index (Phi) is 6.61. The number of pyridine rings is 1. The summed E-state index contributed by atoms with van der Waals surface area (Å²) in [7, 11) is 5.06. The highest BCUT2D eigenvalue weighted by molar-refractivity contribution is 6.12. The van der Waals surface area contributed by atoms with Crippen LogP contribution < -0.4 is 15.4 Å². The molecule has 0 saturated carbocycles. The molecule has 8 nitrogen and oxygen atoms in total. The highest BCUT2D eigenvalue weighted by Crippen LogP contribution is 2.24. The third-order valence-electron chi connectivity index (χ3n) is 4.49. The lowest BCUT2D eigenvalue weighted by atomic mass is 10.1. The van der Waals surface area contributed by atoms with Crippen molar-refractivity contribution in [2.24, 2.45) is 0 Å². The van der Waals surface area contributed by atoms with Gasteiger partial charge >= 0.3 is 0 Å². The van der Waals surface area contributed by atoms with Gasteiger partial charge in [-0.25, -0.2) is 4.98 Å². The monoisotopic (exact) mass is 417 g/mol. The number of ether oxygens (including phenoxy) is 1. The molecule has 0 aliphatic carbocycles. The van der Waals surface area contributed by atoms with Gasteiger partial charge in [0, 0.05) is 31.4 Å².